The van der Waals surface area contributed by atoms with Crippen molar-refractivity contribution in [2.45, 2.75) is 6.92 Å². The summed E-state index contributed by atoms with van der Waals surface area (Å²) in [6, 6.07) is 22.5. The van der Waals surface area contributed by atoms with Gasteiger partial charge in [0.25, 0.3) is 0 Å². The molecule has 0 heterocycles. The number of benzene rings is 3. The number of ether oxygens (including phenoxy) is 1. The molecule has 0 amide bonds. The van der Waals surface area contributed by atoms with E-state index in [0.717, 1.165) is 11.3 Å². The van der Waals surface area contributed by atoms with E-state index in [-0.39, 0.29) is 17.9 Å². The van der Waals surface area contributed by atoms with Gasteiger partial charge in [-0.15, -0.1) is 0 Å². The fraction of sp³-hybridized carbons (Fsp3) is 0.0435. The molecule has 0 atom stereocenters. The number of aromatic carboxylic acids is 2. The Morgan fingerprint density at radius 1 is 0.656 bits per heavy atom. The molecule has 0 aliphatic rings. The van der Waals surface area contributed by atoms with Crippen LogP contribution in [0.2, 0.25) is 0 Å². The zero-order valence-corrected chi connectivity index (χ0v) is 16.8. The summed E-state index contributed by atoms with van der Waals surface area (Å²) < 4.78 is 5.52. The third kappa shape index (κ3) is 11.9. The first-order valence-corrected chi connectivity index (χ1v) is 8.63. The number of carboxylic acid groups (broad SMARTS) is 2. The third-order valence-electron chi connectivity index (χ3n) is 3.35. The number of carbonyl (C=O) groups excluding carboxylic acids is 4. The van der Waals surface area contributed by atoms with Crippen LogP contribution < -0.4 is 4.74 Å². The molecule has 0 aliphatic heterocycles. The van der Waals surface area contributed by atoms with Crippen LogP contribution in [0, 0.1) is 6.92 Å². The van der Waals surface area contributed by atoms with Crippen molar-refractivity contribution in [3.63, 3.8) is 0 Å². The van der Waals surface area contributed by atoms with E-state index in [9.17, 15) is 9.59 Å². The van der Waals surface area contributed by atoms with Gasteiger partial charge in [-0.3, -0.25) is 0 Å². The van der Waals surface area contributed by atoms with Crippen LogP contribution in [0.3, 0.4) is 0 Å². The van der Waals surface area contributed by atoms with Crippen LogP contribution in [0.25, 0.3) is 0 Å². The van der Waals surface area contributed by atoms with E-state index in [1.54, 1.807) is 30.3 Å². The lowest BCUT2D eigenvalue weighted by Gasteiger charge is -2.05. The van der Waals surface area contributed by atoms with Crippen molar-refractivity contribution in [1.82, 2.24) is 0 Å². The maximum Gasteiger partial charge on any atom is 0.373 e. The molecule has 0 saturated carbocycles. The Morgan fingerprint density at radius 3 is 1.53 bits per heavy atom. The van der Waals surface area contributed by atoms with Gasteiger partial charge < -0.3 is 14.9 Å². The lowest BCUT2D eigenvalue weighted by molar-refractivity contribution is -0.193. The Balaban J connectivity index is 0.000000513. The second-order valence-electron chi connectivity index (χ2n) is 5.59. The van der Waals surface area contributed by atoms with Crippen LogP contribution in [0.5, 0.6) is 11.5 Å². The van der Waals surface area contributed by atoms with E-state index in [1.807, 2.05) is 43.3 Å². The highest BCUT2D eigenvalue weighted by Gasteiger charge is 2.02. The van der Waals surface area contributed by atoms with Gasteiger partial charge in [0.2, 0.25) is 0 Å². The maximum absolute atomic E-state index is 10.6. The van der Waals surface area contributed by atoms with Crippen LogP contribution in [0.15, 0.2) is 78.9 Å². The Bertz CT molecular complexity index is 1030. The molecule has 0 fully saturated rings. The van der Waals surface area contributed by atoms with Crippen molar-refractivity contribution in [2.75, 3.05) is 0 Å². The van der Waals surface area contributed by atoms with E-state index < -0.39 is 11.9 Å². The number of hydrogen-bond acceptors (Lipinski definition) is 7. The van der Waals surface area contributed by atoms with Gasteiger partial charge in [-0.25, -0.2) is 9.59 Å². The highest BCUT2D eigenvalue weighted by molar-refractivity contribution is 5.88. The first-order chi connectivity index (χ1) is 15.3. The van der Waals surface area contributed by atoms with Crippen molar-refractivity contribution in [3.8, 4) is 11.5 Å². The summed E-state index contributed by atoms with van der Waals surface area (Å²) in [7, 11) is 0. The minimum absolute atomic E-state index is 0.250. The summed E-state index contributed by atoms with van der Waals surface area (Å²) >= 11 is 0. The summed E-state index contributed by atoms with van der Waals surface area (Å²) in [6.45, 7) is 1.87. The largest absolute Gasteiger partial charge is 0.478 e. The Hall–Kier alpha value is -4.84. The van der Waals surface area contributed by atoms with Crippen molar-refractivity contribution in [3.05, 3.63) is 95.6 Å². The molecule has 0 unspecified atom stereocenters. The van der Waals surface area contributed by atoms with Crippen LogP contribution in [-0.2, 0) is 19.2 Å². The van der Waals surface area contributed by atoms with Gasteiger partial charge in [0, 0.05) is 0 Å². The normalized spacial score (nSPS) is 8.28. The maximum atomic E-state index is 10.6. The molecule has 2 N–H and O–H groups in total. The Kier molecular flexibility index (Phi) is 13.6. The second-order valence-corrected chi connectivity index (χ2v) is 5.59. The first-order valence-electron chi connectivity index (χ1n) is 8.63. The summed E-state index contributed by atoms with van der Waals surface area (Å²) in [4.78, 5) is 53.5. The number of para-hydroxylation sites is 1. The quantitative estimate of drug-likeness (QED) is 0.621. The fourth-order valence-electron chi connectivity index (χ4n) is 2.07. The van der Waals surface area contributed by atoms with Gasteiger partial charge in [-0.05, 0) is 55.5 Å². The van der Waals surface area contributed by atoms with E-state index in [4.69, 9.17) is 34.1 Å². The number of carbonyl (C=O) groups is 2. The molecular weight excluding hydrogens is 420 g/mol. The molecular formula is C23H18O9. The Morgan fingerprint density at radius 2 is 1.12 bits per heavy atom. The van der Waals surface area contributed by atoms with E-state index >= 15 is 0 Å². The smallest absolute Gasteiger partial charge is 0.373 e. The molecule has 0 saturated heterocycles. The van der Waals surface area contributed by atoms with Crippen LogP contribution in [-0.4, -0.2) is 34.5 Å². The summed E-state index contributed by atoms with van der Waals surface area (Å²) in [5.41, 5.74) is 1.57. The zero-order chi connectivity index (χ0) is 24.4. The van der Waals surface area contributed by atoms with Crippen LogP contribution in [0.1, 0.15) is 26.3 Å². The van der Waals surface area contributed by atoms with Gasteiger partial charge in [-0.1, -0.05) is 35.9 Å². The zero-order valence-electron chi connectivity index (χ0n) is 16.8. The summed E-state index contributed by atoms with van der Waals surface area (Å²) in [5.74, 6) is -0.461. The molecule has 0 aliphatic carbocycles. The molecule has 9 nitrogen and oxygen atoms in total. The molecule has 32 heavy (non-hydrogen) atoms. The van der Waals surface area contributed by atoms with Gasteiger partial charge in [-0.2, -0.15) is 19.2 Å². The fourth-order valence-corrected chi connectivity index (χ4v) is 2.07. The molecule has 3 aromatic carbocycles. The van der Waals surface area contributed by atoms with Gasteiger partial charge >= 0.3 is 24.2 Å². The van der Waals surface area contributed by atoms with Crippen molar-refractivity contribution < 1.29 is 43.7 Å². The molecule has 3 aromatic rings. The molecule has 9 heteroatoms. The molecule has 0 bridgehead atoms. The Labute approximate surface area is 182 Å². The molecule has 0 radical (unpaired) electrons. The van der Waals surface area contributed by atoms with Crippen molar-refractivity contribution >= 4 is 24.2 Å². The van der Waals surface area contributed by atoms with Gasteiger partial charge in [0.15, 0.2) is 0 Å². The summed E-state index contributed by atoms with van der Waals surface area (Å²) in [6.07, 6.45) is 0.500. The molecule has 164 valence electrons. The number of hydrogen-bond donors (Lipinski definition) is 2. The van der Waals surface area contributed by atoms with Gasteiger partial charge in [0.05, 0.1) is 11.1 Å². The van der Waals surface area contributed by atoms with E-state index in [2.05, 4.69) is 0 Å². The lowest BCUT2D eigenvalue weighted by atomic mass is 10.1. The lowest BCUT2D eigenvalue weighted by Crippen LogP contribution is -1.95. The topological polar surface area (TPSA) is 152 Å². The minimum Gasteiger partial charge on any atom is -0.478 e. The minimum atomic E-state index is -0.939. The number of rotatable bonds is 4. The van der Waals surface area contributed by atoms with E-state index in [0.29, 0.717) is 11.3 Å². The average Bonchev–Trinajstić information content (AvgIpc) is 2.76. The second kappa shape index (κ2) is 16.0. The SMILES string of the molecule is Cc1cccc(C(=O)O)c1.O=C(O)c1ccc(Oc2ccccc2)cc1.O=C=O.O=C=O. The third-order valence-corrected chi connectivity index (χ3v) is 3.35. The predicted octanol–water partition coefficient (Wildman–Crippen LogP) is 3.70. The standard InChI is InChI=1S/C13H10O3.C8H8O2.2CO2/c14-13(15)10-6-8-12(9-7-10)16-11-4-2-1-3-5-11;1-6-3-2-4-7(5-6)8(9)10;2*2-1-3/h1-9H,(H,14,15);2-5H,1H3,(H,9,10);;. The van der Waals surface area contributed by atoms with E-state index in [1.165, 1.54) is 12.1 Å². The molecule has 0 aromatic heterocycles. The monoisotopic (exact) mass is 438 g/mol. The van der Waals surface area contributed by atoms with Gasteiger partial charge in [0.1, 0.15) is 11.5 Å². The number of carboxylic acids is 2. The first kappa shape index (κ1) is 27.2. The molecule has 0 spiro atoms. The van der Waals surface area contributed by atoms with Crippen molar-refractivity contribution in [1.29, 1.82) is 0 Å². The highest BCUT2D eigenvalue weighted by atomic mass is 16.5. The highest BCUT2D eigenvalue weighted by Crippen LogP contribution is 2.20. The van der Waals surface area contributed by atoms with Crippen LogP contribution >= 0.6 is 0 Å². The number of aryl methyl sites for hydroxylation is 1. The van der Waals surface area contributed by atoms with Crippen LogP contribution in [0.4, 0.5) is 0 Å². The predicted molar refractivity (Wildman–Crippen MR) is 108 cm³/mol. The summed E-state index contributed by atoms with van der Waals surface area (Å²) in [5, 5.41) is 17.2. The van der Waals surface area contributed by atoms with Crippen molar-refractivity contribution in [2.24, 2.45) is 0 Å². The molecule has 3 rings (SSSR count). The average molecular weight is 438 g/mol.